The number of nitrogens with zero attached hydrogens (tertiary/aromatic N) is 5. The van der Waals surface area contributed by atoms with E-state index in [1.165, 1.54) is 0 Å². The van der Waals surface area contributed by atoms with Gasteiger partial charge in [0.15, 0.2) is 0 Å². The lowest BCUT2D eigenvalue weighted by Gasteiger charge is -2.35. The molecule has 4 rings (SSSR count). The molecular formula is C18H17N5S. The van der Waals surface area contributed by atoms with Gasteiger partial charge in [0, 0.05) is 32.7 Å². The highest BCUT2D eigenvalue weighted by atomic mass is 32.1. The quantitative estimate of drug-likeness (QED) is 0.737. The summed E-state index contributed by atoms with van der Waals surface area (Å²) in [4.78, 5) is 14.6. The first-order chi connectivity index (χ1) is 11.8. The molecule has 0 aliphatic carbocycles. The van der Waals surface area contributed by atoms with Crippen molar-refractivity contribution in [2.45, 2.75) is 6.54 Å². The molecule has 0 saturated carbocycles. The number of anilines is 1. The average molecular weight is 335 g/mol. The van der Waals surface area contributed by atoms with Crippen LogP contribution >= 0.6 is 11.3 Å². The Kier molecular flexibility index (Phi) is 4.11. The Bertz CT molecular complexity index is 890. The van der Waals surface area contributed by atoms with Crippen LogP contribution in [0.5, 0.6) is 0 Å². The van der Waals surface area contributed by atoms with Gasteiger partial charge in [-0.3, -0.25) is 4.90 Å². The van der Waals surface area contributed by atoms with Crippen LogP contribution in [-0.4, -0.2) is 41.0 Å². The summed E-state index contributed by atoms with van der Waals surface area (Å²) in [5.74, 6) is 1.04. The average Bonchev–Trinajstić information content (AvgIpc) is 3.12. The largest absolute Gasteiger partial charge is 0.353 e. The van der Waals surface area contributed by atoms with E-state index in [1.54, 1.807) is 17.7 Å². The van der Waals surface area contributed by atoms with Crippen LogP contribution in [0.25, 0.3) is 10.2 Å². The van der Waals surface area contributed by atoms with Gasteiger partial charge in [-0.2, -0.15) is 5.26 Å². The Morgan fingerprint density at radius 1 is 1.08 bits per heavy atom. The van der Waals surface area contributed by atoms with Gasteiger partial charge in [0.25, 0.3) is 0 Å². The van der Waals surface area contributed by atoms with Crippen LogP contribution in [0, 0.1) is 11.3 Å². The van der Waals surface area contributed by atoms with E-state index in [-0.39, 0.29) is 0 Å². The summed E-state index contributed by atoms with van der Waals surface area (Å²) in [5.41, 5.74) is 1.88. The Balaban J connectivity index is 1.46. The molecule has 0 bridgehead atoms. The van der Waals surface area contributed by atoms with Crippen molar-refractivity contribution < 1.29 is 0 Å². The van der Waals surface area contributed by atoms with Crippen LogP contribution in [0.3, 0.4) is 0 Å². The first-order valence-electron chi connectivity index (χ1n) is 7.98. The second-order valence-corrected chi connectivity index (χ2v) is 6.76. The third-order valence-corrected chi connectivity index (χ3v) is 5.27. The van der Waals surface area contributed by atoms with Crippen LogP contribution in [-0.2, 0) is 6.54 Å². The SMILES string of the molecule is N#Cc1ccccc1CN1CCN(c2ncnc3sccc23)CC1. The molecule has 5 nitrogen and oxygen atoms in total. The topological polar surface area (TPSA) is 56.1 Å². The lowest BCUT2D eigenvalue weighted by atomic mass is 10.1. The number of fused-ring (bicyclic) bond motifs is 1. The van der Waals surface area contributed by atoms with E-state index in [0.29, 0.717) is 0 Å². The smallest absolute Gasteiger partial charge is 0.140 e. The predicted octanol–water partition coefficient (Wildman–Crippen LogP) is 2.89. The number of hydrogen-bond acceptors (Lipinski definition) is 6. The van der Waals surface area contributed by atoms with E-state index >= 15 is 0 Å². The summed E-state index contributed by atoms with van der Waals surface area (Å²) in [7, 11) is 0. The summed E-state index contributed by atoms with van der Waals surface area (Å²) in [6.07, 6.45) is 1.66. The zero-order chi connectivity index (χ0) is 16.4. The Hall–Kier alpha value is -2.49. The molecule has 6 heteroatoms. The van der Waals surface area contributed by atoms with Crippen molar-refractivity contribution in [1.82, 2.24) is 14.9 Å². The first kappa shape index (κ1) is 15.1. The van der Waals surface area contributed by atoms with Crippen molar-refractivity contribution in [3.05, 3.63) is 53.2 Å². The minimum Gasteiger partial charge on any atom is -0.353 e. The Morgan fingerprint density at radius 3 is 2.75 bits per heavy atom. The first-order valence-corrected chi connectivity index (χ1v) is 8.86. The fourth-order valence-electron chi connectivity index (χ4n) is 3.15. The molecule has 24 heavy (non-hydrogen) atoms. The minimum atomic E-state index is 0.774. The van der Waals surface area contributed by atoms with Gasteiger partial charge in [0.1, 0.15) is 17.0 Å². The summed E-state index contributed by atoms with van der Waals surface area (Å²) in [6.45, 7) is 4.65. The Labute approximate surface area is 144 Å². The van der Waals surface area contributed by atoms with E-state index in [4.69, 9.17) is 0 Å². The number of piperazine rings is 1. The highest BCUT2D eigenvalue weighted by Gasteiger charge is 2.20. The van der Waals surface area contributed by atoms with Gasteiger partial charge in [-0.1, -0.05) is 18.2 Å². The molecule has 1 saturated heterocycles. The molecule has 0 atom stereocenters. The van der Waals surface area contributed by atoms with Gasteiger partial charge in [0.2, 0.25) is 0 Å². The van der Waals surface area contributed by atoms with Crippen LogP contribution in [0.1, 0.15) is 11.1 Å². The van der Waals surface area contributed by atoms with Gasteiger partial charge in [-0.15, -0.1) is 11.3 Å². The van der Waals surface area contributed by atoms with E-state index in [2.05, 4.69) is 37.3 Å². The van der Waals surface area contributed by atoms with Crippen LogP contribution in [0.15, 0.2) is 42.0 Å². The number of rotatable bonds is 3. The third-order valence-electron chi connectivity index (χ3n) is 4.44. The molecule has 2 aromatic heterocycles. The zero-order valence-corrected chi connectivity index (χ0v) is 14.0. The summed E-state index contributed by atoms with van der Waals surface area (Å²) < 4.78 is 0. The van der Waals surface area contributed by atoms with Gasteiger partial charge in [-0.25, -0.2) is 9.97 Å². The highest BCUT2D eigenvalue weighted by Crippen LogP contribution is 2.27. The summed E-state index contributed by atoms with van der Waals surface area (Å²) in [5, 5.41) is 12.4. The molecule has 3 heterocycles. The number of thiophene rings is 1. The van der Waals surface area contributed by atoms with E-state index < -0.39 is 0 Å². The standard InChI is InChI=1S/C18H17N5S/c19-11-14-3-1-2-4-15(14)12-22-6-8-23(9-7-22)17-16-5-10-24-18(16)21-13-20-17/h1-5,10,13H,6-9,12H2. The monoisotopic (exact) mass is 335 g/mol. The summed E-state index contributed by atoms with van der Waals surface area (Å²) in [6, 6.07) is 12.2. The zero-order valence-electron chi connectivity index (χ0n) is 13.2. The molecule has 120 valence electrons. The van der Waals surface area contributed by atoms with Crippen LogP contribution in [0.2, 0.25) is 0 Å². The highest BCUT2D eigenvalue weighted by molar-refractivity contribution is 7.16. The van der Waals surface area contributed by atoms with Crippen molar-refractivity contribution in [1.29, 1.82) is 5.26 Å². The molecule has 0 spiro atoms. The van der Waals surface area contributed by atoms with Crippen molar-refractivity contribution in [2.75, 3.05) is 31.1 Å². The van der Waals surface area contributed by atoms with Crippen molar-refractivity contribution in [2.24, 2.45) is 0 Å². The van der Waals surface area contributed by atoms with Gasteiger partial charge in [-0.05, 0) is 23.1 Å². The lowest BCUT2D eigenvalue weighted by Crippen LogP contribution is -2.46. The molecule has 1 aliphatic heterocycles. The molecule has 0 amide bonds. The second kappa shape index (κ2) is 6.56. The van der Waals surface area contributed by atoms with Crippen LogP contribution < -0.4 is 4.90 Å². The molecule has 0 radical (unpaired) electrons. The maximum atomic E-state index is 9.23. The van der Waals surface area contributed by atoms with E-state index in [9.17, 15) is 5.26 Å². The van der Waals surface area contributed by atoms with Gasteiger partial charge >= 0.3 is 0 Å². The third kappa shape index (κ3) is 2.84. The van der Waals surface area contributed by atoms with Crippen LogP contribution in [0.4, 0.5) is 5.82 Å². The predicted molar refractivity (Wildman–Crippen MR) is 96.1 cm³/mol. The molecule has 3 aromatic rings. The fourth-order valence-corrected chi connectivity index (χ4v) is 3.88. The van der Waals surface area contributed by atoms with Gasteiger partial charge < -0.3 is 4.90 Å². The number of aromatic nitrogens is 2. The molecule has 0 N–H and O–H groups in total. The maximum absolute atomic E-state index is 9.23. The van der Waals surface area contributed by atoms with Crippen molar-refractivity contribution in [3.8, 4) is 6.07 Å². The maximum Gasteiger partial charge on any atom is 0.140 e. The number of hydrogen-bond donors (Lipinski definition) is 0. The normalized spacial score (nSPS) is 15.5. The second-order valence-electron chi connectivity index (χ2n) is 5.87. The molecule has 1 fully saturated rings. The molecule has 0 unspecified atom stereocenters. The van der Waals surface area contributed by atoms with E-state index in [1.807, 2.05) is 24.3 Å². The molecule has 1 aromatic carbocycles. The minimum absolute atomic E-state index is 0.774. The molecule has 1 aliphatic rings. The van der Waals surface area contributed by atoms with Gasteiger partial charge in [0.05, 0.1) is 17.0 Å². The Morgan fingerprint density at radius 2 is 1.92 bits per heavy atom. The van der Waals surface area contributed by atoms with Crippen molar-refractivity contribution >= 4 is 27.4 Å². The number of nitriles is 1. The van der Waals surface area contributed by atoms with Crippen molar-refractivity contribution in [3.63, 3.8) is 0 Å². The molecular weight excluding hydrogens is 318 g/mol. The fraction of sp³-hybridized carbons (Fsp3) is 0.278. The lowest BCUT2D eigenvalue weighted by molar-refractivity contribution is 0.249. The van der Waals surface area contributed by atoms with E-state index in [0.717, 1.165) is 59.9 Å². The number of benzene rings is 1. The summed E-state index contributed by atoms with van der Waals surface area (Å²) >= 11 is 1.65.